The van der Waals surface area contributed by atoms with Crippen molar-refractivity contribution in [2.75, 3.05) is 13.2 Å². The van der Waals surface area contributed by atoms with Crippen LogP contribution in [0.1, 0.15) is 24.3 Å². The molecule has 0 aromatic heterocycles. The van der Waals surface area contributed by atoms with Crippen LogP contribution in [-0.2, 0) is 4.79 Å². The van der Waals surface area contributed by atoms with Crippen molar-refractivity contribution in [3.8, 4) is 0 Å². The highest BCUT2D eigenvalue weighted by Crippen LogP contribution is 2.18. The number of hydrogen-bond acceptors (Lipinski definition) is 2. The molecular formula is C15H19NO2. The number of amides is 1. The van der Waals surface area contributed by atoms with E-state index in [4.69, 9.17) is 0 Å². The number of benzene rings is 1. The second-order valence-corrected chi connectivity index (χ2v) is 4.68. The zero-order valence-electron chi connectivity index (χ0n) is 10.4. The zero-order valence-corrected chi connectivity index (χ0v) is 10.4. The summed E-state index contributed by atoms with van der Waals surface area (Å²) in [4.78, 5) is 11.9. The molecule has 1 amide bonds. The summed E-state index contributed by atoms with van der Waals surface area (Å²) in [5.74, 6) is 0.152. The van der Waals surface area contributed by atoms with E-state index in [0.29, 0.717) is 6.54 Å². The van der Waals surface area contributed by atoms with E-state index in [2.05, 4.69) is 5.32 Å². The highest BCUT2D eigenvalue weighted by molar-refractivity contribution is 5.79. The molecule has 1 atom stereocenters. The molecule has 3 heteroatoms. The molecular weight excluding hydrogens is 226 g/mol. The van der Waals surface area contributed by atoms with Crippen LogP contribution in [-0.4, -0.2) is 24.2 Å². The molecule has 0 radical (unpaired) electrons. The van der Waals surface area contributed by atoms with Crippen LogP contribution in [0.3, 0.4) is 0 Å². The van der Waals surface area contributed by atoms with Gasteiger partial charge in [0.1, 0.15) is 0 Å². The Morgan fingerprint density at radius 1 is 1.28 bits per heavy atom. The lowest BCUT2D eigenvalue weighted by Gasteiger charge is -2.17. The number of carbonyl (C=O) groups is 1. The Balaban J connectivity index is 1.86. The lowest BCUT2D eigenvalue weighted by Crippen LogP contribution is -2.33. The van der Waals surface area contributed by atoms with Gasteiger partial charge in [-0.3, -0.25) is 4.79 Å². The Labute approximate surface area is 108 Å². The first kappa shape index (κ1) is 12.8. The van der Waals surface area contributed by atoms with E-state index in [0.717, 1.165) is 18.4 Å². The number of hydrogen-bond donors (Lipinski definition) is 2. The van der Waals surface area contributed by atoms with Gasteiger partial charge in [0.05, 0.1) is 6.61 Å². The number of carbonyl (C=O) groups excluding carboxylic acids is 1. The Morgan fingerprint density at radius 2 is 1.94 bits per heavy atom. The van der Waals surface area contributed by atoms with Gasteiger partial charge in [-0.05, 0) is 18.4 Å². The van der Waals surface area contributed by atoms with Crippen molar-refractivity contribution < 1.29 is 9.90 Å². The van der Waals surface area contributed by atoms with Gasteiger partial charge in [0, 0.05) is 18.4 Å². The van der Waals surface area contributed by atoms with Gasteiger partial charge in [-0.2, -0.15) is 0 Å². The molecule has 3 nitrogen and oxygen atoms in total. The van der Waals surface area contributed by atoms with Gasteiger partial charge < -0.3 is 10.4 Å². The van der Waals surface area contributed by atoms with Crippen LogP contribution in [0.25, 0.3) is 0 Å². The molecule has 1 aromatic rings. The van der Waals surface area contributed by atoms with Gasteiger partial charge in [-0.1, -0.05) is 42.5 Å². The zero-order chi connectivity index (χ0) is 12.8. The monoisotopic (exact) mass is 245 g/mol. The Kier molecular flexibility index (Phi) is 4.53. The third kappa shape index (κ3) is 3.20. The van der Waals surface area contributed by atoms with Gasteiger partial charge in [0.25, 0.3) is 0 Å². The van der Waals surface area contributed by atoms with Crippen LogP contribution in [0.4, 0.5) is 0 Å². The molecule has 96 valence electrons. The number of rotatable bonds is 5. The lowest BCUT2D eigenvalue weighted by atomic mass is 9.99. The topological polar surface area (TPSA) is 49.3 Å². The van der Waals surface area contributed by atoms with Crippen LogP contribution in [0.5, 0.6) is 0 Å². The predicted octanol–water partition coefficient (Wildman–Crippen LogP) is 1.84. The number of aliphatic hydroxyl groups is 1. The molecule has 0 aliphatic heterocycles. The first-order valence-corrected chi connectivity index (χ1v) is 6.39. The van der Waals surface area contributed by atoms with E-state index >= 15 is 0 Å². The molecule has 1 aromatic carbocycles. The average Bonchev–Trinajstić information content (AvgIpc) is 2.94. The third-order valence-electron chi connectivity index (χ3n) is 3.39. The third-order valence-corrected chi connectivity index (χ3v) is 3.39. The number of allylic oxidation sites excluding steroid dienone is 2. The summed E-state index contributed by atoms with van der Waals surface area (Å²) in [6, 6.07) is 9.79. The minimum Gasteiger partial charge on any atom is -0.396 e. The molecule has 1 aliphatic rings. The minimum absolute atomic E-state index is 0.0236. The molecule has 1 aliphatic carbocycles. The predicted molar refractivity (Wildman–Crippen MR) is 71.1 cm³/mol. The van der Waals surface area contributed by atoms with E-state index in [1.54, 1.807) is 0 Å². The van der Waals surface area contributed by atoms with Crippen LogP contribution >= 0.6 is 0 Å². The summed E-state index contributed by atoms with van der Waals surface area (Å²) < 4.78 is 0. The SMILES string of the molecule is O=C(NC[C@@H](CO)c1ccccc1)C1CC=CC1. The normalized spacial score (nSPS) is 16.7. The molecule has 0 heterocycles. The van der Waals surface area contributed by atoms with Crippen molar-refractivity contribution in [3.63, 3.8) is 0 Å². The largest absolute Gasteiger partial charge is 0.396 e. The Morgan fingerprint density at radius 3 is 2.56 bits per heavy atom. The molecule has 0 spiro atoms. The fraction of sp³-hybridized carbons (Fsp3) is 0.400. The highest BCUT2D eigenvalue weighted by Gasteiger charge is 2.20. The number of aliphatic hydroxyl groups excluding tert-OH is 1. The smallest absolute Gasteiger partial charge is 0.223 e. The maximum Gasteiger partial charge on any atom is 0.223 e. The maximum atomic E-state index is 11.9. The van der Waals surface area contributed by atoms with Crippen LogP contribution < -0.4 is 5.32 Å². The van der Waals surface area contributed by atoms with Crippen molar-refractivity contribution in [2.45, 2.75) is 18.8 Å². The second kappa shape index (κ2) is 6.36. The van der Waals surface area contributed by atoms with E-state index in [-0.39, 0.29) is 24.3 Å². The Bertz CT molecular complexity index is 406. The summed E-state index contributed by atoms with van der Waals surface area (Å²) >= 11 is 0. The van der Waals surface area contributed by atoms with Crippen molar-refractivity contribution in [3.05, 3.63) is 48.0 Å². The van der Waals surface area contributed by atoms with Gasteiger partial charge in [-0.25, -0.2) is 0 Å². The molecule has 0 saturated carbocycles. The average molecular weight is 245 g/mol. The summed E-state index contributed by atoms with van der Waals surface area (Å²) in [7, 11) is 0. The van der Waals surface area contributed by atoms with Crippen LogP contribution in [0, 0.1) is 5.92 Å². The van der Waals surface area contributed by atoms with Gasteiger partial charge in [0.15, 0.2) is 0 Å². The summed E-state index contributed by atoms with van der Waals surface area (Å²) in [5.41, 5.74) is 1.06. The standard InChI is InChI=1S/C15H19NO2/c17-11-14(12-6-2-1-3-7-12)10-16-15(18)13-8-4-5-9-13/h1-7,13-14,17H,8-11H2,(H,16,18)/t14-/m0/s1. The summed E-state index contributed by atoms with van der Waals surface area (Å²) in [6.07, 6.45) is 5.76. The minimum atomic E-state index is -0.0236. The first-order valence-electron chi connectivity index (χ1n) is 6.39. The summed E-state index contributed by atoms with van der Waals surface area (Å²) in [5, 5.41) is 12.3. The van der Waals surface area contributed by atoms with Crippen LogP contribution in [0.15, 0.2) is 42.5 Å². The van der Waals surface area contributed by atoms with Crippen molar-refractivity contribution in [2.24, 2.45) is 5.92 Å². The van der Waals surface area contributed by atoms with Crippen molar-refractivity contribution in [1.82, 2.24) is 5.32 Å². The quantitative estimate of drug-likeness (QED) is 0.778. The molecule has 2 rings (SSSR count). The van der Waals surface area contributed by atoms with E-state index in [1.165, 1.54) is 0 Å². The Hall–Kier alpha value is -1.61. The van der Waals surface area contributed by atoms with Crippen LogP contribution in [0.2, 0.25) is 0 Å². The van der Waals surface area contributed by atoms with E-state index in [1.807, 2.05) is 42.5 Å². The van der Waals surface area contributed by atoms with Gasteiger partial charge in [-0.15, -0.1) is 0 Å². The van der Waals surface area contributed by atoms with Crippen molar-refractivity contribution in [1.29, 1.82) is 0 Å². The van der Waals surface area contributed by atoms with Crippen molar-refractivity contribution >= 4 is 5.91 Å². The molecule has 18 heavy (non-hydrogen) atoms. The summed E-state index contributed by atoms with van der Waals surface area (Å²) in [6.45, 7) is 0.545. The maximum absolute atomic E-state index is 11.9. The highest BCUT2D eigenvalue weighted by atomic mass is 16.3. The first-order chi connectivity index (χ1) is 8.81. The molecule has 0 unspecified atom stereocenters. The fourth-order valence-electron chi connectivity index (χ4n) is 2.21. The van der Waals surface area contributed by atoms with Gasteiger partial charge >= 0.3 is 0 Å². The molecule has 2 N–H and O–H groups in total. The lowest BCUT2D eigenvalue weighted by molar-refractivity contribution is -0.124. The fourth-order valence-corrected chi connectivity index (χ4v) is 2.21. The van der Waals surface area contributed by atoms with E-state index in [9.17, 15) is 9.90 Å². The number of nitrogens with one attached hydrogen (secondary N) is 1. The second-order valence-electron chi connectivity index (χ2n) is 4.68. The molecule has 0 saturated heterocycles. The molecule has 0 fully saturated rings. The molecule has 0 bridgehead atoms. The van der Waals surface area contributed by atoms with Gasteiger partial charge in [0.2, 0.25) is 5.91 Å². The van der Waals surface area contributed by atoms with E-state index < -0.39 is 0 Å².